The van der Waals surface area contributed by atoms with Gasteiger partial charge in [0.2, 0.25) is 11.8 Å². The molecular formula is C18H18N2O3. The van der Waals surface area contributed by atoms with Crippen molar-refractivity contribution < 1.29 is 14.0 Å². The summed E-state index contributed by atoms with van der Waals surface area (Å²) in [7, 11) is 0. The molecule has 23 heavy (non-hydrogen) atoms. The summed E-state index contributed by atoms with van der Waals surface area (Å²) >= 11 is 0. The minimum absolute atomic E-state index is 0.145. The first-order chi connectivity index (χ1) is 11.2. The van der Waals surface area contributed by atoms with E-state index < -0.39 is 6.04 Å². The number of hydrogen-bond donors (Lipinski definition) is 1. The van der Waals surface area contributed by atoms with Crippen LogP contribution >= 0.6 is 0 Å². The van der Waals surface area contributed by atoms with Gasteiger partial charge in [-0.3, -0.25) is 9.59 Å². The van der Waals surface area contributed by atoms with Gasteiger partial charge in [0.1, 0.15) is 11.8 Å². The molecule has 5 heteroatoms. The zero-order valence-corrected chi connectivity index (χ0v) is 12.6. The third-order valence-electron chi connectivity index (χ3n) is 3.81. The molecule has 2 heterocycles. The van der Waals surface area contributed by atoms with Crippen LogP contribution in [0.3, 0.4) is 0 Å². The van der Waals surface area contributed by atoms with E-state index in [-0.39, 0.29) is 11.8 Å². The van der Waals surface area contributed by atoms with Crippen LogP contribution in [-0.2, 0) is 9.59 Å². The van der Waals surface area contributed by atoms with E-state index in [1.807, 2.05) is 30.3 Å². The number of carbonyl (C=O) groups excluding carboxylic acids is 2. The molecule has 0 bridgehead atoms. The van der Waals surface area contributed by atoms with E-state index in [0.717, 1.165) is 12.1 Å². The monoisotopic (exact) mass is 310 g/mol. The Morgan fingerprint density at radius 2 is 2.00 bits per heavy atom. The largest absolute Gasteiger partial charge is 0.465 e. The van der Waals surface area contributed by atoms with Crippen molar-refractivity contribution in [2.45, 2.75) is 18.9 Å². The molecule has 1 atom stereocenters. The maximum atomic E-state index is 12.4. The topological polar surface area (TPSA) is 62.6 Å². The first-order valence-electron chi connectivity index (χ1n) is 7.62. The maximum absolute atomic E-state index is 12.4. The zero-order chi connectivity index (χ0) is 16.1. The van der Waals surface area contributed by atoms with E-state index in [1.54, 1.807) is 29.4 Å². The van der Waals surface area contributed by atoms with Gasteiger partial charge < -0.3 is 14.6 Å². The van der Waals surface area contributed by atoms with Gasteiger partial charge in [-0.25, -0.2) is 0 Å². The second-order valence-electron chi connectivity index (χ2n) is 5.39. The van der Waals surface area contributed by atoms with Crippen molar-refractivity contribution in [3.63, 3.8) is 0 Å². The summed E-state index contributed by atoms with van der Waals surface area (Å²) in [6, 6.07) is 12.4. The number of likely N-dealkylation sites (tertiary alicyclic amines) is 1. The van der Waals surface area contributed by atoms with Gasteiger partial charge in [-0.05, 0) is 43.2 Å². The molecule has 0 unspecified atom stereocenters. The first kappa shape index (κ1) is 15.1. The normalized spacial score (nSPS) is 17.6. The van der Waals surface area contributed by atoms with Crippen LogP contribution in [0.25, 0.3) is 6.08 Å². The van der Waals surface area contributed by atoms with Crippen LogP contribution in [0.1, 0.15) is 18.6 Å². The molecule has 1 fully saturated rings. The van der Waals surface area contributed by atoms with Gasteiger partial charge in [0, 0.05) is 18.3 Å². The minimum atomic E-state index is -0.427. The number of carbonyl (C=O) groups is 2. The molecule has 3 rings (SSSR count). The molecule has 2 amide bonds. The van der Waals surface area contributed by atoms with Gasteiger partial charge in [0.05, 0.1) is 6.26 Å². The number of furan rings is 1. The quantitative estimate of drug-likeness (QED) is 0.883. The number of nitrogens with zero attached hydrogens (tertiary/aromatic N) is 1. The summed E-state index contributed by atoms with van der Waals surface area (Å²) < 4.78 is 5.16. The van der Waals surface area contributed by atoms with Gasteiger partial charge >= 0.3 is 0 Å². The Morgan fingerprint density at radius 3 is 2.74 bits per heavy atom. The highest BCUT2D eigenvalue weighted by Crippen LogP contribution is 2.20. The maximum Gasteiger partial charge on any atom is 0.247 e. The van der Waals surface area contributed by atoms with Crippen LogP contribution in [0.4, 0.5) is 5.69 Å². The molecule has 1 saturated heterocycles. The van der Waals surface area contributed by atoms with Crippen LogP contribution in [0.5, 0.6) is 0 Å². The average molecular weight is 310 g/mol. The number of nitrogens with one attached hydrogen (secondary N) is 1. The van der Waals surface area contributed by atoms with Crippen LogP contribution in [0.15, 0.2) is 59.2 Å². The van der Waals surface area contributed by atoms with E-state index in [1.165, 1.54) is 6.08 Å². The molecule has 5 nitrogen and oxygen atoms in total. The highest BCUT2D eigenvalue weighted by atomic mass is 16.3. The van der Waals surface area contributed by atoms with Crippen molar-refractivity contribution in [1.29, 1.82) is 0 Å². The minimum Gasteiger partial charge on any atom is -0.465 e. The predicted octanol–water partition coefficient (Wildman–Crippen LogP) is 2.92. The Balaban J connectivity index is 1.65. The zero-order valence-electron chi connectivity index (χ0n) is 12.6. The van der Waals surface area contributed by atoms with Crippen molar-refractivity contribution >= 4 is 23.6 Å². The van der Waals surface area contributed by atoms with Crippen molar-refractivity contribution in [3.8, 4) is 0 Å². The van der Waals surface area contributed by atoms with Gasteiger partial charge in [-0.15, -0.1) is 0 Å². The summed E-state index contributed by atoms with van der Waals surface area (Å²) in [5, 5.41) is 2.86. The predicted molar refractivity (Wildman–Crippen MR) is 87.5 cm³/mol. The highest BCUT2D eigenvalue weighted by molar-refractivity contribution is 6.00. The molecule has 118 valence electrons. The lowest BCUT2D eigenvalue weighted by molar-refractivity contribution is -0.132. The SMILES string of the molecule is O=C(Nc1ccccc1)[C@H]1CCCN1C(=O)/C=C/c1ccco1. The molecule has 1 aromatic heterocycles. The average Bonchev–Trinajstić information content (AvgIpc) is 3.25. The third kappa shape index (κ3) is 3.69. The standard InChI is InChI=1S/C18H18N2O3/c21-17(11-10-15-8-5-13-23-15)20-12-4-9-16(20)18(22)19-14-6-2-1-3-7-14/h1-3,5-8,10-11,13,16H,4,9,12H2,(H,19,22)/b11-10+/t16-/m1/s1. The Bertz CT molecular complexity index is 692. The van der Waals surface area contributed by atoms with Crippen LogP contribution in [0, 0.1) is 0 Å². The molecule has 1 aliphatic heterocycles. The molecule has 1 N–H and O–H groups in total. The molecule has 0 spiro atoms. The van der Waals surface area contributed by atoms with Crippen molar-refractivity contribution in [2.24, 2.45) is 0 Å². The van der Waals surface area contributed by atoms with Crippen LogP contribution in [0.2, 0.25) is 0 Å². The second kappa shape index (κ2) is 6.96. The lowest BCUT2D eigenvalue weighted by Gasteiger charge is -2.22. The van der Waals surface area contributed by atoms with Crippen molar-refractivity contribution in [1.82, 2.24) is 4.90 Å². The highest BCUT2D eigenvalue weighted by Gasteiger charge is 2.33. The van der Waals surface area contributed by atoms with Gasteiger partial charge in [-0.2, -0.15) is 0 Å². The van der Waals surface area contributed by atoms with Gasteiger partial charge in [0.15, 0.2) is 0 Å². The van der Waals surface area contributed by atoms with Gasteiger partial charge in [0.25, 0.3) is 0 Å². The van der Waals surface area contributed by atoms with Crippen molar-refractivity contribution in [3.05, 3.63) is 60.6 Å². The van der Waals surface area contributed by atoms with Crippen LogP contribution < -0.4 is 5.32 Å². The fraction of sp³-hybridized carbons (Fsp3) is 0.222. The number of benzene rings is 1. The number of rotatable bonds is 4. The molecule has 1 aliphatic rings. The Labute approximate surface area is 134 Å². The lowest BCUT2D eigenvalue weighted by Crippen LogP contribution is -2.42. The lowest BCUT2D eigenvalue weighted by atomic mass is 10.2. The second-order valence-corrected chi connectivity index (χ2v) is 5.39. The summed E-state index contributed by atoms with van der Waals surface area (Å²) in [5.74, 6) is 0.295. The van der Waals surface area contributed by atoms with E-state index in [4.69, 9.17) is 4.42 Å². The van der Waals surface area contributed by atoms with E-state index in [9.17, 15) is 9.59 Å². The summed E-state index contributed by atoms with van der Waals surface area (Å²) in [6.07, 6.45) is 6.13. The van der Waals surface area contributed by atoms with Crippen LogP contribution in [-0.4, -0.2) is 29.3 Å². The number of para-hydroxylation sites is 1. The third-order valence-corrected chi connectivity index (χ3v) is 3.81. The molecule has 2 aromatic rings. The fourth-order valence-corrected chi connectivity index (χ4v) is 2.69. The fourth-order valence-electron chi connectivity index (χ4n) is 2.69. The molecular weight excluding hydrogens is 292 g/mol. The molecule has 0 saturated carbocycles. The Kier molecular flexibility index (Phi) is 4.57. The number of hydrogen-bond acceptors (Lipinski definition) is 3. The molecule has 0 radical (unpaired) electrons. The molecule has 1 aromatic carbocycles. The van der Waals surface area contributed by atoms with Crippen molar-refractivity contribution in [2.75, 3.05) is 11.9 Å². The Morgan fingerprint density at radius 1 is 1.17 bits per heavy atom. The van der Waals surface area contributed by atoms with Gasteiger partial charge in [-0.1, -0.05) is 18.2 Å². The summed E-state index contributed by atoms with van der Waals surface area (Å²) in [5.41, 5.74) is 0.739. The molecule has 0 aliphatic carbocycles. The summed E-state index contributed by atoms with van der Waals surface area (Å²) in [4.78, 5) is 26.3. The van der Waals surface area contributed by atoms with E-state index in [2.05, 4.69) is 5.32 Å². The first-order valence-corrected chi connectivity index (χ1v) is 7.62. The van der Waals surface area contributed by atoms with E-state index in [0.29, 0.717) is 18.7 Å². The smallest absolute Gasteiger partial charge is 0.247 e. The van der Waals surface area contributed by atoms with E-state index >= 15 is 0 Å². The number of amides is 2. The summed E-state index contributed by atoms with van der Waals surface area (Å²) in [6.45, 7) is 0.591. The number of anilines is 1. The Hall–Kier alpha value is -2.82.